The van der Waals surface area contributed by atoms with Crippen LogP contribution in [0.1, 0.15) is 6.42 Å². The lowest BCUT2D eigenvalue weighted by atomic mass is 10.2. The highest BCUT2D eigenvalue weighted by molar-refractivity contribution is 5.86. The van der Waals surface area contributed by atoms with Crippen LogP contribution in [0.4, 0.5) is 0 Å². The summed E-state index contributed by atoms with van der Waals surface area (Å²) in [6.07, 6.45) is 0.0517. The molecule has 0 aliphatic rings. The Balaban J connectivity index is 3.76. The molecule has 0 heterocycles. The summed E-state index contributed by atoms with van der Waals surface area (Å²) < 4.78 is 0. The van der Waals surface area contributed by atoms with Crippen molar-refractivity contribution in [2.45, 2.75) is 12.5 Å². The summed E-state index contributed by atoms with van der Waals surface area (Å²) in [5.74, 6) is -1.78. The molecule has 0 aromatic carbocycles. The van der Waals surface area contributed by atoms with Crippen molar-refractivity contribution < 1.29 is 19.5 Å². The molecule has 4 N–H and O–H groups in total. The highest BCUT2D eigenvalue weighted by Crippen LogP contribution is 1.86. The number of aliphatic carboxylic acids is 1. The molecule has 0 aromatic heterocycles. The Kier molecular flexibility index (Phi) is 4.62. The third-order valence-corrected chi connectivity index (χ3v) is 1.09. The van der Waals surface area contributed by atoms with Gasteiger partial charge in [0.25, 0.3) is 0 Å². The van der Waals surface area contributed by atoms with Crippen molar-refractivity contribution in [1.29, 1.82) is 0 Å². The van der Waals surface area contributed by atoms with E-state index in [2.05, 4.69) is 5.32 Å². The first-order valence-corrected chi connectivity index (χ1v) is 3.26. The minimum absolute atomic E-state index is 0.147. The quantitative estimate of drug-likeness (QED) is 0.422. The van der Waals surface area contributed by atoms with E-state index in [0.717, 1.165) is 0 Å². The highest BCUT2D eigenvalue weighted by Gasteiger charge is 2.15. The third-order valence-electron chi connectivity index (χ3n) is 1.09. The van der Waals surface area contributed by atoms with Crippen molar-refractivity contribution in [2.75, 3.05) is 6.54 Å². The van der Waals surface area contributed by atoms with Gasteiger partial charge < -0.3 is 21.0 Å². The molecule has 1 amide bonds. The van der Waals surface area contributed by atoms with E-state index < -0.39 is 24.3 Å². The van der Waals surface area contributed by atoms with Gasteiger partial charge in [-0.05, 0) is 0 Å². The Bertz CT molecular complexity index is 192. The van der Waals surface area contributed by atoms with Crippen molar-refractivity contribution in [3.05, 3.63) is 0 Å². The monoisotopic (exact) mass is 174 g/mol. The molecule has 0 saturated heterocycles. The van der Waals surface area contributed by atoms with Crippen LogP contribution in [0.3, 0.4) is 0 Å². The van der Waals surface area contributed by atoms with Gasteiger partial charge in [-0.1, -0.05) is 0 Å². The fraction of sp³-hybridized carbons (Fsp3) is 0.500. The molecule has 0 rings (SSSR count). The molecule has 1 atom stereocenters. The second kappa shape index (κ2) is 5.25. The number of aldehydes is 1. The molecular formula is C6H10N2O4. The highest BCUT2D eigenvalue weighted by atomic mass is 16.4. The van der Waals surface area contributed by atoms with Gasteiger partial charge >= 0.3 is 5.97 Å². The summed E-state index contributed by atoms with van der Waals surface area (Å²) in [7, 11) is 0. The van der Waals surface area contributed by atoms with Crippen LogP contribution in [-0.2, 0) is 14.4 Å². The number of carboxylic acids is 1. The van der Waals surface area contributed by atoms with Gasteiger partial charge in [-0.3, -0.25) is 9.59 Å². The normalized spacial score (nSPS) is 11.8. The number of carbonyl (C=O) groups excluding carboxylic acids is 2. The van der Waals surface area contributed by atoms with Gasteiger partial charge in [0.2, 0.25) is 5.91 Å². The zero-order valence-electron chi connectivity index (χ0n) is 6.32. The van der Waals surface area contributed by atoms with Crippen molar-refractivity contribution in [3.63, 3.8) is 0 Å². The Hall–Kier alpha value is -1.43. The average molecular weight is 174 g/mol. The van der Waals surface area contributed by atoms with E-state index in [-0.39, 0.29) is 6.54 Å². The van der Waals surface area contributed by atoms with Gasteiger partial charge in [0.15, 0.2) is 0 Å². The molecule has 0 saturated carbocycles. The maximum Gasteiger partial charge on any atom is 0.305 e. The van der Waals surface area contributed by atoms with Crippen molar-refractivity contribution in [3.8, 4) is 0 Å². The molecule has 68 valence electrons. The predicted molar refractivity (Wildman–Crippen MR) is 39.3 cm³/mol. The number of amides is 1. The van der Waals surface area contributed by atoms with Crippen molar-refractivity contribution in [2.24, 2.45) is 5.73 Å². The molecular weight excluding hydrogens is 164 g/mol. The summed E-state index contributed by atoms with van der Waals surface area (Å²) in [6.45, 7) is -0.147. The fourth-order valence-corrected chi connectivity index (χ4v) is 0.554. The molecule has 0 spiro atoms. The Morgan fingerprint density at radius 1 is 1.58 bits per heavy atom. The minimum Gasteiger partial charge on any atom is -0.481 e. The van der Waals surface area contributed by atoms with Gasteiger partial charge in [0.05, 0.1) is 19.0 Å². The van der Waals surface area contributed by atoms with Crippen LogP contribution in [0, 0.1) is 0 Å². The lowest BCUT2D eigenvalue weighted by Crippen LogP contribution is -2.42. The molecule has 0 fully saturated rings. The van der Waals surface area contributed by atoms with Crippen LogP contribution in [0.25, 0.3) is 0 Å². The SMILES string of the molecule is NC(CC(=O)O)C(=O)NCC=O. The lowest BCUT2D eigenvalue weighted by Gasteiger charge is -2.06. The topological polar surface area (TPSA) is 109 Å². The van der Waals surface area contributed by atoms with Gasteiger partial charge in [0, 0.05) is 0 Å². The average Bonchev–Trinajstić information content (AvgIpc) is 1.98. The van der Waals surface area contributed by atoms with Crippen LogP contribution in [0.5, 0.6) is 0 Å². The fourth-order valence-electron chi connectivity index (χ4n) is 0.554. The predicted octanol–water partition coefficient (Wildman–Crippen LogP) is -1.90. The zero-order chi connectivity index (χ0) is 9.56. The number of hydrogen-bond donors (Lipinski definition) is 3. The second-order valence-corrected chi connectivity index (χ2v) is 2.12. The Labute approximate surface area is 68.7 Å². The van der Waals surface area contributed by atoms with Crippen LogP contribution in [0.2, 0.25) is 0 Å². The number of nitrogens with two attached hydrogens (primary N) is 1. The maximum atomic E-state index is 10.8. The standard InChI is InChI=1S/C6H10N2O4/c7-4(3-5(10)11)6(12)8-1-2-9/h2,4H,1,3,7H2,(H,8,12)(H,10,11). The molecule has 0 aliphatic heterocycles. The van der Waals surface area contributed by atoms with Gasteiger partial charge in [0.1, 0.15) is 6.29 Å². The lowest BCUT2D eigenvalue weighted by molar-refractivity contribution is -0.139. The molecule has 6 nitrogen and oxygen atoms in total. The smallest absolute Gasteiger partial charge is 0.305 e. The molecule has 6 heteroatoms. The maximum absolute atomic E-state index is 10.8. The van der Waals surface area contributed by atoms with E-state index in [9.17, 15) is 14.4 Å². The van der Waals surface area contributed by atoms with E-state index in [1.165, 1.54) is 0 Å². The van der Waals surface area contributed by atoms with Gasteiger partial charge in [-0.2, -0.15) is 0 Å². The first-order valence-electron chi connectivity index (χ1n) is 3.26. The van der Waals surface area contributed by atoms with E-state index in [4.69, 9.17) is 10.8 Å². The summed E-state index contributed by atoms with van der Waals surface area (Å²) in [4.78, 5) is 30.6. The first kappa shape index (κ1) is 10.6. The number of nitrogens with one attached hydrogen (secondary N) is 1. The van der Waals surface area contributed by atoms with Crippen LogP contribution in [0.15, 0.2) is 0 Å². The van der Waals surface area contributed by atoms with E-state index >= 15 is 0 Å². The molecule has 0 radical (unpaired) electrons. The van der Waals surface area contributed by atoms with Crippen LogP contribution < -0.4 is 11.1 Å². The first-order chi connectivity index (χ1) is 5.57. The van der Waals surface area contributed by atoms with Crippen LogP contribution >= 0.6 is 0 Å². The minimum atomic E-state index is -1.15. The summed E-state index contributed by atoms with van der Waals surface area (Å²) in [6, 6.07) is -1.09. The summed E-state index contributed by atoms with van der Waals surface area (Å²) in [5.41, 5.74) is 5.15. The van der Waals surface area contributed by atoms with Crippen molar-refractivity contribution in [1.82, 2.24) is 5.32 Å². The molecule has 0 bridgehead atoms. The van der Waals surface area contributed by atoms with E-state index in [1.807, 2.05) is 0 Å². The zero-order valence-corrected chi connectivity index (χ0v) is 6.32. The second-order valence-electron chi connectivity index (χ2n) is 2.12. The number of carbonyl (C=O) groups is 3. The van der Waals surface area contributed by atoms with Crippen molar-refractivity contribution >= 4 is 18.2 Å². The van der Waals surface area contributed by atoms with Crippen LogP contribution in [-0.4, -0.2) is 35.9 Å². The largest absolute Gasteiger partial charge is 0.481 e. The Morgan fingerprint density at radius 2 is 2.17 bits per heavy atom. The molecule has 1 unspecified atom stereocenters. The number of hydrogen-bond acceptors (Lipinski definition) is 4. The van der Waals surface area contributed by atoms with Gasteiger partial charge in [-0.15, -0.1) is 0 Å². The van der Waals surface area contributed by atoms with E-state index in [1.54, 1.807) is 0 Å². The Morgan fingerprint density at radius 3 is 2.58 bits per heavy atom. The van der Waals surface area contributed by atoms with E-state index in [0.29, 0.717) is 6.29 Å². The third kappa shape index (κ3) is 4.40. The van der Waals surface area contributed by atoms with Gasteiger partial charge in [-0.25, -0.2) is 0 Å². The molecule has 0 aliphatic carbocycles. The molecule has 0 aromatic rings. The summed E-state index contributed by atoms with van der Waals surface area (Å²) in [5, 5.41) is 10.4. The number of carboxylic acid groups (broad SMARTS) is 1. The molecule has 12 heavy (non-hydrogen) atoms. The summed E-state index contributed by atoms with van der Waals surface area (Å²) >= 11 is 0. The number of rotatable bonds is 5.